The molecule has 0 bridgehead atoms. The maximum absolute atomic E-state index is 11.0. The smallest absolute Gasteiger partial charge is 0.243 e. The van der Waals surface area contributed by atoms with E-state index >= 15 is 0 Å². The Morgan fingerprint density at radius 1 is 1.15 bits per heavy atom. The van der Waals surface area contributed by atoms with Crippen molar-refractivity contribution in [1.82, 2.24) is 0 Å². The summed E-state index contributed by atoms with van der Waals surface area (Å²) in [5, 5.41) is 0.241. The van der Waals surface area contributed by atoms with Crippen LogP contribution in [-0.2, 0) is 14.3 Å². The summed E-state index contributed by atoms with van der Waals surface area (Å²) >= 11 is 11.6. The van der Waals surface area contributed by atoms with Crippen LogP contribution in [0.4, 0.5) is 0 Å². The Labute approximate surface area is 85.9 Å². The third-order valence-electron chi connectivity index (χ3n) is 1.74. The lowest BCUT2D eigenvalue weighted by atomic mass is 10.1. The molecule has 0 fully saturated rings. The second-order valence-corrected chi connectivity index (χ2v) is 3.23. The SMILES string of the molecule is COC1(OC)C(Cl)=CC(=O)C=C1Cl. The van der Waals surface area contributed by atoms with Crippen LogP contribution in [0, 0.1) is 0 Å². The number of allylic oxidation sites excluding steroid dienone is 2. The predicted molar refractivity (Wildman–Crippen MR) is 49.6 cm³/mol. The first-order chi connectivity index (χ1) is 6.06. The highest BCUT2D eigenvalue weighted by molar-refractivity contribution is 6.39. The summed E-state index contributed by atoms with van der Waals surface area (Å²) in [6.07, 6.45) is 2.42. The van der Waals surface area contributed by atoms with Crippen LogP contribution >= 0.6 is 23.2 Å². The van der Waals surface area contributed by atoms with Crippen LogP contribution in [-0.4, -0.2) is 25.8 Å². The van der Waals surface area contributed by atoms with Crippen molar-refractivity contribution < 1.29 is 14.3 Å². The van der Waals surface area contributed by atoms with Crippen molar-refractivity contribution in [3.63, 3.8) is 0 Å². The summed E-state index contributed by atoms with van der Waals surface area (Å²) in [5.74, 6) is -1.59. The fourth-order valence-corrected chi connectivity index (χ4v) is 1.84. The van der Waals surface area contributed by atoms with Crippen molar-refractivity contribution in [2.45, 2.75) is 5.79 Å². The third-order valence-corrected chi connectivity index (χ3v) is 2.46. The average Bonchev–Trinajstić information content (AvgIpc) is 2.05. The zero-order valence-corrected chi connectivity index (χ0v) is 8.65. The number of methoxy groups -OCH3 is 2. The molecule has 5 heteroatoms. The van der Waals surface area contributed by atoms with Crippen molar-refractivity contribution in [1.29, 1.82) is 0 Å². The first-order valence-electron chi connectivity index (χ1n) is 3.46. The van der Waals surface area contributed by atoms with Crippen molar-refractivity contribution in [3.8, 4) is 0 Å². The van der Waals surface area contributed by atoms with Crippen LogP contribution in [0.25, 0.3) is 0 Å². The maximum Gasteiger partial charge on any atom is 0.243 e. The van der Waals surface area contributed by atoms with Crippen molar-refractivity contribution >= 4 is 29.0 Å². The molecule has 0 aliphatic heterocycles. The number of halogens is 2. The molecule has 1 aliphatic carbocycles. The number of ketones is 1. The summed E-state index contributed by atoms with van der Waals surface area (Å²) in [4.78, 5) is 11.0. The highest BCUT2D eigenvalue weighted by Gasteiger charge is 2.40. The van der Waals surface area contributed by atoms with E-state index in [-0.39, 0.29) is 15.8 Å². The van der Waals surface area contributed by atoms with E-state index in [1.54, 1.807) is 0 Å². The van der Waals surface area contributed by atoms with Crippen LogP contribution < -0.4 is 0 Å². The Balaban J connectivity index is 3.16. The summed E-state index contributed by atoms with van der Waals surface area (Å²) in [7, 11) is 2.79. The van der Waals surface area contributed by atoms with E-state index in [0.29, 0.717) is 0 Å². The van der Waals surface area contributed by atoms with Crippen LogP contribution in [0.5, 0.6) is 0 Å². The maximum atomic E-state index is 11.0. The average molecular weight is 223 g/mol. The van der Waals surface area contributed by atoms with Gasteiger partial charge in [0.25, 0.3) is 0 Å². The van der Waals surface area contributed by atoms with E-state index in [2.05, 4.69) is 0 Å². The summed E-state index contributed by atoms with van der Waals surface area (Å²) in [5.41, 5.74) is 0. The second-order valence-electron chi connectivity index (χ2n) is 2.41. The van der Waals surface area contributed by atoms with E-state index in [1.165, 1.54) is 26.4 Å². The van der Waals surface area contributed by atoms with Crippen LogP contribution in [0.2, 0.25) is 0 Å². The largest absolute Gasteiger partial charge is 0.344 e. The minimum Gasteiger partial charge on any atom is -0.344 e. The molecule has 0 heterocycles. The second kappa shape index (κ2) is 3.80. The van der Waals surface area contributed by atoms with Gasteiger partial charge in [0, 0.05) is 26.4 Å². The van der Waals surface area contributed by atoms with E-state index in [9.17, 15) is 4.79 Å². The molecule has 0 aromatic heterocycles. The molecule has 0 spiro atoms. The molecular formula is C8H8Cl2O3. The highest BCUT2D eigenvalue weighted by atomic mass is 35.5. The van der Waals surface area contributed by atoms with Gasteiger partial charge in [-0.15, -0.1) is 0 Å². The van der Waals surface area contributed by atoms with Crippen molar-refractivity contribution in [2.75, 3.05) is 14.2 Å². The van der Waals surface area contributed by atoms with Crippen LogP contribution in [0.1, 0.15) is 0 Å². The highest BCUT2D eigenvalue weighted by Crippen LogP contribution is 2.37. The molecule has 0 unspecified atom stereocenters. The Morgan fingerprint density at radius 3 is 1.85 bits per heavy atom. The van der Waals surface area contributed by atoms with Gasteiger partial charge in [0.2, 0.25) is 5.79 Å². The number of carbonyl (C=O) groups is 1. The summed E-state index contributed by atoms with van der Waals surface area (Å²) < 4.78 is 10.1. The Morgan fingerprint density at radius 2 is 1.54 bits per heavy atom. The lowest BCUT2D eigenvalue weighted by molar-refractivity contribution is -0.142. The Kier molecular flexibility index (Phi) is 3.14. The van der Waals surface area contributed by atoms with E-state index in [0.717, 1.165) is 0 Å². The topological polar surface area (TPSA) is 35.5 Å². The van der Waals surface area contributed by atoms with Gasteiger partial charge in [0.15, 0.2) is 5.78 Å². The zero-order chi connectivity index (χ0) is 10.1. The third kappa shape index (κ3) is 1.65. The number of carbonyl (C=O) groups excluding carboxylic acids is 1. The van der Waals surface area contributed by atoms with Crippen LogP contribution in [0.15, 0.2) is 22.2 Å². The van der Waals surface area contributed by atoms with Gasteiger partial charge >= 0.3 is 0 Å². The van der Waals surface area contributed by atoms with E-state index < -0.39 is 5.79 Å². The first kappa shape index (κ1) is 10.7. The van der Waals surface area contributed by atoms with E-state index in [1.807, 2.05) is 0 Å². The fourth-order valence-electron chi connectivity index (χ4n) is 1.07. The molecule has 0 radical (unpaired) electrons. The molecule has 1 aliphatic rings. The molecule has 0 N–H and O–H groups in total. The Hall–Kier alpha value is -0.350. The molecule has 0 saturated carbocycles. The first-order valence-corrected chi connectivity index (χ1v) is 4.22. The van der Waals surface area contributed by atoms with Gasteiger partial charge in [-0.2, -0.15) is 0 Å². The van der Waals surface area contributed by atoms with Gasteiger partial charge in [0.1, 0.15) is 0 Å². The molecule has 0 amide bonds. The standard InChI is InChI=1S/C8H8Cl2O3/c1-12-8(13-2)6(9)3-5(11)4-7(8)10/h3-4H,1-2H3. The zero-order valence-electron chi connectivity index (χ0n) is 7.14. The molecule has 1 rings (SSSR count). The monoisotopic (exact) mass is 222 g/mol. The summed E-state index contributed by atoms with van der Waals surface area (Å²) in [6, 6.07) is 0. The quantitative estimate of drug-likeness (QED) is 0.669. The molecule has 0 saturated heterocycles. The molecule has 0 aromatic rings. The predicted octanol–water partition coefficient (Wildman–Crippen LogP) is 1.80. The van der Waals surface area contributed by atoms with Gasteiger partial charge < -0.3 is 9.47 Å². The van der Waals surface area contributed by atoms with E-state index in [4.69, 9.17) is 32.7 Å². The minimum absolute atomic E-state index is 0.120. The van der Waals surface area contributed by atoms with Crippen molar-refractivity contribution in [3.05, 3.63) is 22.2 Å². The summed E-state index contributed by atoms with van der Waals surface area (Å²) in [6.45, 7) is 0. The number of rotatable bonds is 2. The van der Waals surface area contributed by atoms with Gasteiger partial charge in [-0.1, -0.05) is 23.2 Å². The molecule has 3 nitrogen and oxygen atoms in total. The molecule has 0 aromatic carbocycles. The molecule has 72 valence electrons. The number of hydrogen-bond acceptors (Lipinski definition) is 3. The fraction of sp³-hybridized carbons (Fsp3) is 0.375. The van der Waals surface area contributed by atoms with Gasteiger partial charge in [-0.3, -0.25) is 4.79 Å². The number of hydrogen-bond donors (Lipinski definition) is 0. The van der Waals surface area contributed by atoms with Gasteiger partial charge in [-0.25, -0.2) is 0 Å². The van der Waals surface area contributed by atoms with Gasteiger partial charge in [-0.05, 0) is 0 Å². The van der Waals surface area contributed by atoms with Crippen LogP contribution in [0.3, 0.4) is 0 Å². The minimum atomic E-state index is -1.31. The van der Waals surface area contributed by atoms with Gasteiger partial charge in [0.05, 0.1) is 10.1 Å². The molecule has 13 heavy (non-hydrogen) atoms. The van der Waals surface area contributed by atoms with Crippen molar-refractivity contribution in [2.24, 2.45) is 0 Å². The molecular weight excluding hydrogens is 215 g/mol. The lowest BCUT2D eigenvalue weighted by Crippen LogP contribution is -2.37. The lowest BCUT2D eigenvalue weighted by Gasteiger charge is -2.31. The molecule has 0 atom stereocenters. The number of ether oxygens (including phenoxy) is 2. The normalized spacial score (nSPS) is 21.1. The Bertz CT molecular complexity index is 266.